The summed E-state index contributed by atoms with van der Waals surface area (Å²) in [4.78, 5) is 8.41. The number of likely N-dealkylation sites (tertiary alicyclic amines) is 1. The molecular weight excluding hydrogens is 230 g/mol. The largest absolute Gasteiger partial charge is 0.330 e. The van der Waals surface area contributed by atoms with Crippen molar-refractivity contribution < 1.29 is 0 Å². The molecule has 1 aromatic heterocycles. The third kappa shape index (κ3) is 3.76. The monoisotopic (exact) mass is 253 g/mol. The molecule has 2 heterocycles. The lowest BCUT2D eigenvalue weighted by atomic mass is 10.1. The molecule has 17 heavy (non-hydrogen) atoms. The Balaban J connectivity index is 1.80. The van der Waals surface area contributed by atoms with Gasteiger partial charge in [-0.25, -0.2) is 4.98 Å². The Hall–Kier alpha value is -0.450. The zero-order valence-electron chi connectivity index (χ0n) is 10.7. The highest BCUT2D eigenvalue weighted by atomic mass is 32.1. The van der Waals surface area contributed by atoms with Gasteiger partial charge in [0.25, 0.3) is 0 Å². The van der Waals surface area contributed by atoms with E-state index < -0.39 is 0 Å². The lowest BCUT2D eigenvalue weighted by Gasteiger charge is -2.25. The average molecular weight is 253 g/mol. The normalized spacial score (nSPS) is 19.4. The predicted molar refractivity (Wildman–Crippen MR) is 73.6 cm³/mol. The summed E-state index contributed by atoms with van der Waals surface area (Å²) in [5, 5.41) is 1.27. The van der Waals surface area contributed by atoms with Gasteiger partial charge >= 0.3 is 0 Å². The smallest absolute Gasteiger partial charge is 0.0940 e. The fraction of sp³-hybridized carbons (Fsp3) is 0.769. The van der Waals surface area contributed by atoms with Crippen LogP contribution >= 0.6 is 11.3 Å². The van der Waals surface area contributed by atoms with Crippen molar-refractivity contribution in [3.05, 3.63) is 16.1 Å². The van der Waals surface area contributed by atoms with Gasteiger partial charge in [-0.1, -0.05) is 13.3 Å². The lowest BCUT2D eigenvalue weighted by molar-refractivity contribution is 0.231. The van der Waals surface area contributed by atoms with Crippen molar-refractivity contribution in [2.45, 2.75) is 38.5 Å². The molecule has 0 saturated carbocycles. The van der Waals surface area contributed by atoms with Gasteiger partial charge in [0.15, 0.2) is 0 Å². The highest BCUT2D eigenvalue weighted by Gasteiger charge is 2.12. The zero-order chi connectivity index (χ0) is 12.1. The lowest BCUT2D eigenvalue weighted by Crippen LogP contribution is -2.31. The molecule has 0 amide bonds. The molecule has 1 aromatic rings. The molecule has 96 valence electrons. The summed E-state index contributed by atoms with van der Waals surface area (Å²) in [5.74, 6) is 0.455. The molecule has 2 rings (SSSR count). The van der Waals surface area contributed by atoms with Gasteiger partial charge in [0, 0.05) is 30.0 Å². The van der Waals surface area contributed by atoms with Crippen LogP contribution in [0.2, 0.25) is 0 Å². The number of nitrogens with two attached hydrogens (primary N) is 1. The van der Waals surface area contributed by atoms with E-state index in [2.05, 4.69) is 16.8 Å². The summed E-state index contributed by atoms with van der Waals surface area (Å²) < 4.78 is 0. The quantitative estimate of drug-likeness (QED) is 0.875. The highest BCUT2D eigenvalue weighted by molar-refractivity contribution is 7.11. The van der Waals surface area contributed by atoms with Crippen molar-refractivity contribution in [1.82, 2.24) is 9.88 Å². The Bertz CT molecular complexity index is 331. The van der Waals surface area contributed by atoms with E-state index in [-0.39, 0.29) is 0 Å². The summed E-state index contributed by atoms with van der Waals surface area (Å²) in [5.41, 5.74) is 5.67. The van der Waals surface area contributed by atoms with Gasteiger partial charge in [-0.2, -0.15) is 0 Å². The summed E-state index contributed by atoms with van der Waals surface area (Å²) in [6.07, 6.45) is 7.25. The van der Waals surface area contributed by atoms with Gasteiger partial charge in [0.05, 0.1) is 5.01 Å². The number of hydrogen-bond acceptors (Lipinski definition) is 4. The molecule has 1 unspecified atom stereocenters. The van der Waals surface area contributed by atoms with Crippen LogP contribution < -0.4 is 5.73 Å². The molecule has 4 heteroatoms. The van der Waals surface area contributed by atoms with Gasteiger partial charge in [0.2, 0.25) is 0 Å². The van der Waals surface area contributed by atoms with E-state index in [1.807, 2.05) is 17.5 Å². The van der Waals surface area contributed by atoms with E-state index >= 15 is 0 Å². The Labute approximate surface area is 108 Å². The standard InChI is InChI=1S/C13H23N3S/c1-11(9-14)12-10-15-13(17-12)5-8-16-6-3-2-4-7-16/h10-11H,2-9,14H2,1H3. The molecule has 1 aliphatic heterocycles. The molecule has 1 fully saturated rings. The minimum atomic E-state index is 0.455. The number of aromatic nitrogens is 1. The zero-order valence-corrected chi connectivity index (χ0v) is 11.5. The van der Waals surface area contributed by atoms with Gasteiger partial charge in [-0.05, 0) is 32.5 Å². The Morgan fingerprint density at radius 2 is 2.18 bits per heavy atom. The Kier molecular flexibility index (Phi) is 4.95. The molecule has 2 N–H and O–H groups in total. The second kappa shape index (κ2) is 6.47. The van der Waals surface area contributed by atoms with E-state index in [9.17, 15) is 0 Å². The molecule has 1 atom stereocenters. The first-order valence-electron chi connectivity index (χ1n) is 6.66. The minimum Gasteiger partial charge on any atom is -0.330 e. The Morgan fingerprint density at radius 1 is 1.41 bits per heavy atom. The maximum atomic E-state index is 5.67. The highest BCUT2D eigenvalue weighted by Crippen LogP contribution is 2.22. The number of hydrogen-bond donors (Lipinski definition) is 1. The maximum Gasteiger partial charge on any atom is 0.0940 e. The molecule has 0 aromatic carbocycles. The van der Waals surface area contributed by atoms with Crippen molar-refractivity contribution >= 4 is 11.3 Å². The summed E-state index contributed by atoms with van der Waals surface area (Å²) in [6, 6.07) is 0. The summed E-state index contributed by atoms with van der Waals surface area (Å²) in [6.45, 7) is 6.61. The fourth-order valence-electron chi connectivity index (χ4n) is 2.22. The number of piperidine rings is 1. The van der Waals surface area contributed by atoms with E-state index in [0.29, 0.717) is 12.5 Å². The van der Waals surface area contributed by atoms with Crippen LogP contribution in [-0.2, 0) is 6.42 Å². The Morgan fingerprint density at radius 3 is 2.88 bits per heavy atom. The predicted octanol–water partition coefficient (Wildman–Crippen LogP) is 2.23. The van der Waals surface area contributed by atoms with Crippen LogP contribution in [0, 0.1) is 0 Å². The van der Waals surface area contributed by atoms with Crippen LogP contribution in [0.5, 0.6) is 0 Å². The topological polar surface area (TPSA) is 42.1 Å². The van der Waals surface area contributed by atoms with Crippen molar-refractivity contribution in [3.63, 3.8) is 0 Å². The first-order valence-corrected chi connectivity index (χ1v) is 7.48. The summed E-state index contributed by atoms with van der Waals surface area (Å²) in [7, 11) is 0. The molecule has 0 aliphatic carbocycles. The van der Waals surface area contributed by atoms with Crippen LogP contribution in [0.25, 0.3) is 0 Å². The first kappa shape index (κ1) is 13.0. The molecule has 0 spiro atoms. The van der Waals surface area contributed by atoms with E-state index in [1.165, 1.54) is 48.8 Å². The van der Waals surface area contributed by atoms with Crippen molar-refractivity contribution in [1.29, 1.82) is 0 Å². The molecular formula is C13H23N3S. The van der Waals surface area contributed by atoms with Crippen molar-refractivity contribution in [2.75, 3.05) is 26.2 Å². The van der Waals surface area contributed by atoms with Gasteiger partial charge < -0.3 is 10.6 Å². The van der Waals surface area contributed by atoms with Gasteiger partial charge in [0.1, 0.15) is 0 Å². The molecule has 1 saturated heterocycles. The molecule has 0 bridgehead atoms. The van der Waals surface area contributed by atoms with E-state index in [4.69, 9.17) is 5.73 Å². The van der Waals surface area contributed by atoms with Crippen LogP contribution in [0.1, 0.15) is 42.0 Å². The van der Waals surface area contributed by atoms with Crippen molar-refractivity contribution in [2.24, 2.45) is 5.73 Å². The third-order valence-electron chi connectivity index (χ3n) is 3.50. The van der Waals surface area contributed by atoms with Crippen LogP contribution in [-0.4, -0.2) is 36.1 Å². The minimum absolute atomic E-state index is 0.455. The van der Waals surface area contributed by atoms with Crippen molar-refractivity contribution in [3.8, 4) is 0 Å². The SMILES string of the molecule is CC(CN)c1cnc(CCN2CCCCC2)s1. The van der Waals surface area contributed by atoms with Crippen LogP contribution in [0.3, 0.4) is 0 Å². The second-order valence-electron chi connectivity index (χ2n) is 4.95. The van der Waals surface area contributed by atoms with Crippen LogP contribution in [0.15, 0.2) is 6.20 Å². The maximum absolute atomic E-state index is 5.67. The third-order valence-corrected chi connectivity index (χ3v) is 4.79. The number of thiazole rings is 1. The molecule has 3 nitrogen and oxygen atoms in total. The van der Waals surface area contributed by atoms with Gasteiger partial charge in [-0.15, -0.1) is 11.3 Å². The van der Waals surface area contributed by atoms with E-state index in [0.717, 1.165) is 6.42 Å². The summed E-state index contributed by atoms with van der Waals surface area (Å²) >= 11 is 1.84. The van der Waals surface area contributed by atoms with Crippen LogP contribution in [0.4, 0.5) is 0 Å². The second-order valence-corrected chi connectivity index (χ2v) is 6.09. The molecule has 1 aliphatic rings. The number of nitrogens with zero attached hydrogens (tertiary/aromatic N) is 2. The fourth-order valence-corrected chi connectivity index (χ4v) is 3.19. The van der Waals surface area contributed by atoms with Gasteiger partial charge in [-0.3, -0.25) is 0 Å². The average Bonchev–Trinajstić information content (AvgIpc) is 2.85. The van der Waals surface area contributed by atoms with E-state index in [1.54, 1.807) is 0 Å². The first-order chi connectivity index (χ1) is 8.29. The number of rotatable bonds is 5. The molecule has 0 radical (unpaired) electrons.